The van der Waals surface area contributed by atoms with Crippen molar-refractivity contribution in [2.24, 2.45) is 0 Å². The Morgan fingerprint density at radius 2 is 1.17 bits per heavy atom. The second kappa shape index (κ2) is 25.2. The fourth-order valence-corrected chi connectivity index (χ4v) is 12.7. The van der Waals surface area contributed by atoms with Gasteiger partial charge in [0, 0.05) is 85.8 Å². The van der Waals surface area contributed by atoms with Gasteiger partial charge < -0.3 is 29.5 Å². The molecule has 2 amide bonds. The summed E-state index contributed by atoms with van der Waals surface area (Å²) in [4.78, 5) is 95.5. The minimum absolute atomic E-state index is 0.0304. The van der Waals surface area contributed by atoms with Gasteiger partial charge in [-0.05, 0) is 133 Å². The van der Waals surface area contributed by atoms with Gasteiger partial charge in [-0.2, -0.15) is 9.97 Å². The summed E-state index contributed by atoms with van der Waals surface area (Å²) in [5, 5.41) is 2.88. The van der Waals surface area contributed by atoms with Crippen molar-refractivity contribution in [2.75, 3.05) is 50.1 Å². The molecule has 2 fully saturated rings. The minimum atomic E-state index is -0.539. The monoisotopic (exact) mass is 1230 g/mol. The van der Waals surface area contributed by atoms with E-state index in [0.717, 1.165) is 44.7 Å². The number of hydrogen-bond acceptors (Lipinski definition) is 13. The molecule has 9 aromatic rings. The lowest BCUT2D eigenvalue weighted by molar-refractivity contribution is -0.129. The number of nitrogens with zero attached hydrogens (tertiary/aromatic N) is 13. The standard InChI is InChI=1S/C34H39ClFN7O2.C33H34ClN7O2/c1-9-28(44)41-16-22(6)42(17-21(41)5)32-25-15-26(35)30(24-12-10-11-13-27(24)36)38-33(25)43(34(45)39-32)31-20(4)14-23(18-40(7)8)37-29(31)19(2)3;1-7-26(42)39-16-21(6)40(17-20(39)5)31-24-15-25(34)29(23-10-8-9-22-12-14-36-28(22)23)37-32(24)41(33(43)38-31)30-19(4)11-13-35-27(30)18(2)3/h9-15,19,21-22H,1,16-18H2,2-8H3;7-15,18,20-21,36H,1,16-17H2,2-6H3. The number of carbonyl (C=O) groups is 2. The number of benzene rings is 2. The SMILES string of the molecule is C=CC(=O)N1CC(C)N(c2nc(=O)n(-c3c(C)cc(CN(C)C)nc3C(C)C)c3nc(-c4ccccc4F)c(Cl)cc23)CC1C.C=CC(=O)N1CC(C)N(c2nc(=O)n(-c3c(C)ccnc3C(C)C)c3nc(-c4cccc5cc[nH]c45)c(Cl)cc23)CC1C. The maximum absolute atomic E-state index is 15.1. The molecule has 9 heterocycles. The van der Waals surface area contributed by atoms with Crippen molar-refractivity contribution in [3.63, 3.8) is 0 Å². The Morgan fingerprint density at radius 3 is 1.68 bits per heavy atom. The van der Waals surface area contributed by atoms with Gasteiger partial charge in [-0.15, -0.1) is 0 Å². The molecular formula is C67H73Cl2FN14O4. The molecule has 0 radical (unpaired) electrons. The molecule has 2 aliphatic heterocycles. The van der Waals surface area contributed by atoms with Crippen LogP contribution in [-0.4, -0.2) is 135 Å². The molecule has 456 valence electrons. The molecular weight excluding hydrogens is 1150 g/mol. The van der Waals surface area contributed by atoms with Crippen molar-refractivity contribution in [1.82, 2.24) is 58.7 Å². The first-order valence-electron chi connectivity index (χ1n) is 29.5. The molecule has 0 aliphatic carbocycles. The molecule has 18 nitrogen and oxygen atoms in total. The van der Waals surface area contributed by atoms with E-state index in [-0.39, 0.29) is 64.1 Å². The van der Waals surface area contributed by atoms with Crippen LogP contribution >= 0.6 is 23.2 Å². The number of aromatic amines is 1. The second-order valence-corrected chi connectivity index (χ2v) is 24.7. The summed E-state index contributed by atoms with van der Waals surface area (Å²) in [6.45, 7) is 29.7. The zero-order valence-corrected chi connectivity index (χ0v) is 53.2. The number of halogens is 3. The normalized spacial score (nSPS) is 17.2. The molecule has 0 spiro atoms. The third kappa shape index (κ3) is 11.7. The fourth-order valence-electron chi connectivity index (χ4n) is 12.2. The van der Waals surface area contributed by atoms with E-state index in [2.05, 4.69) is 51.8 Å². The number of anilines is 2. The van der Waals surface area contributed by atoms with Crippen molar-refractivity contribution < 1.29 is 14.0 Å². The molecule has 2 aromatic carbocycles. The van der Waals surface area contributed by atoms with Crippen molar-refractivity contribution in [3.05, 3.63) is 176 Å². The fraction of sp³-hybridized carbons (Fsp3) is 0.343. The summed E-state index contributed by atoms with van der Waals surface area (Å²) >= 11 is 13.9. The van der Waals surface area contributed by atoms with E-state index in [9.17, 15) is 19.2 Å². The number of pyridine rings is 4. The second-order valence-electron chi connectivity index (χ2n) is 23.9. The molecule has 11 rings (SSSR count). The highest BCUT2D eigenvalue weighted by Crippen LogP contribution is 2.40. The first-order chi connectivity index (χ1) is 41.9. The third-order valence-corrected chi connectivity index (χ3v) is 17.0. The number of aromatic nitrogens is 9. The lowest BCUT2D eigenvalue weighted by atomic mass is 10.0. The lowest BCUT2D eigenvalue weighted by Gasteiger charge is -2.44. The maximum atomic E-state index is 15.1. The summed E-state index contributed by atoms with van der Waals surface area (Å²) in [7, 11) is 3.96. The smallest absolute Gasteiger partial charge is 0.355 e. The predicted molar refractivity (Wildman–Crippen MR) is 350 cm³/mol. The minimum Gasteiger partial charge on any atom is -0.361 e. The van der Waals surface area contributed by atoms with Crippen LogP contribution in [0.25, 0.3) is 66.9 Å². The number of para-hydroxylation sites is 1. The molecule has 88 heavy (non-hydrogen) atoms. The number of H-pyrrole nitrogens is 1. The third-order valence-electron chi connectivity index (χ3n) is 16.4. The molecule has 0 saturated carbocycles. The number of rotatable bonds is 12. The van der Waals surface area contributed by atoms with Gasteiger partial charge in [0.1, 0.15) is 17.5 Å². The topological polar surface area (TPSA) is 187 Å². The Hall–Kier alpha value is -8.65. The van der Waals surface area contributed by atoms with E-state index in [0.29, 0.717) is 88.5 Å². The van der Waals surface area contributed by atoms with Crippen LogP contribution in [0.2, 0.25) is 10.0 Å². The Labute approximate surface area is 521 Å². The van der Waals surface area contributed by atoms with Crippen LogP contribution in [-0.2, 0) is 16.1 Å². The average molecular weight is 1230 g/mol. The van der Waals surface area contributed by atoms with E-state index in [1.54, 1.807) is 44.8 Å². The highest BCUT2D eigenvalue weighted by atomic mass is 35.5. The molecule has 2 aliphatic rings. The van der Waals surface area contributed by atoms with Crippen LogP contribution in [0.1, 0.15) is 95.4 Å². The van der Waals surface area contributed by atoms with Gasteiger partial charge >= 0.3 is 11.4 Å². The zero-order chi connectivity index (χ0) is 63.3. The van der Waals surface area contributed by atoms with Crippen LogP contribution in [0.5, 0.6) is 0 Å². The van der Waals surface area contributed by atoms with Crippen molar-refractivity contribution >= 4 is 79.6 Å². The first-order valence-corrected chi connectivity index (χ1v) is 30.3. The van der Waals surface area contributed by atoms with Crippen LogP contribution in [0.15, 0.2) is 120 Å². The first kappa shape index (κ1) is 62.4. The molecule has 4 unspecified atom stereocenters. The number of piperazine rings is 2. The number of amides is 2. The Balaban J connectivity index is 0.000000195. The van der Waals surface area contributed by atoms with Crippen molar-refractivity contribution in [3.8, 4) is 33.9 Å². The largest absolute Gasteiger partial charge is 0.361 e. The van der Waals surface area contributed by atoms with Crippen molar-refractivity contribution in [1.29, 1.82) is 0 Å². The van der Waals surface area contributed by atoms with Crippen LogP contribution in [0, 0.1) is 19.7 Å². The van der Waals surface area contributed by atoms with E-state index in [4.69, 9.17) is 38.2 Å². The lowest BCUT2D eigenvalue weighted by Crippen LogP contribution is -2.58. The molecule has 21 heteroatoms. The van der Waals surface area contributed by atoms with Gasteiger partial charge in [0.05, 0.1) is 66.2 Å². The number of nitrogens with one attached hydrogen (secondary N) is 1. The highest BCUT2D eigenvalue weighted by Gasteiger charge is 2.36. The predicted octanol–water partition coefficient (Wildman–Crippen LogP) is 11.8. The van der Waals surface area contributed by atoms with Crippen LogP contribution < -0.4 is 21.2 Å². The number of hydrogen-bond donors (Lipinski definition) is 1. The van der Waals surface area contributed by atoms with Gasteiger partial charge in [0.15, 0.2) is 11.3 Å². The number of carbonyl (C=O) groups excluding carboxylic acids is 2. The summed E-state index contributed by atoms with van der Waals surface area (Å²) in [6.07, 6.45) is 6.30. The summed E-state index contributed by atoms with van der Waals surface area (Å²) in [5.41, 5.74) is 7.87. The Bertz CT molecular complexity index is 4370. The quantitative estimate of drug-likeness (QED) is 0.114. The average Bonchev–Trinajstić information content (AvgIpc) is 0.832. The van der Waals surface area contributed by atoms with Gasteiger partial charge in [-0.3, -0.25) is 19.6 Å². The molecule has 7 aromatic heterocycles. The van der Waals surface area contributed by atoms with E-state index in [1.807, 2.05) is 128 Å². The van der Waals surface area contributed by atoms with Gasteiger partial charge in [-0.1, -0.05) is 94.4 Å². The van der Waals surface area contributed by atoms with Gasteiger partial charge in [0.2, 0.25) is 11.8 Å². The Kier molecular flexibility index (Phi) is 17.9. The zero-order valence-electron chi connectivity index (χ0n) is 51.7. The number of fused-ring (bicyclic) bond motifs is 3. The van der Waals surface area contributed by atoms with E-state index >= 15 is 4.39 Å². The van der Waals surface area contributed by atoms with Crippen LogP contribution in [0.4, 0.5) is 16.0 Å². The maximum Gasteiger partial charge on any atom is 0.355 e. The molecule has 4 atom stereocenters. The number of aryl methyl sites for hydroxylation is 2. The summed E-state index contributed by atoms with van der Waals surface area (Å²) in [5.74, 6) is 0.175. The summed E-state index contributed by atoms with van der Waals surface area (Å²) < 4.78 is 18.2. The molecule has 2 saturated heterocycles. The van der Waals surface area contributed by atoms with Crippen molar-refractivity contribution in [2.45, 2.75) is 112 Å². The van der Waals surface area contributed by atoms with E-state index < -0.39 is 17.2 Å². The summed E-state index contributed by atoms with van der Waals surface area (Å²) in [6, 6.07) is 21.1. The van der Waals surface area contributed by atoms with Gasteiger partial charge in [-0.25, -0.2) is 33.1 Å². The Morgan fingerprint density at radius 1 is 0.659 bits per heavy atom. The van der Waals surface area contributed by atoms with E-state index in [1.165, 1.54) is 22.8 Å². The van der Waals surface area contributed by atoms with Crippen LogP contribution in [0.3, 0.4) is 0 Å². The molecule has 0 bridgehead atoms. The molecule has 1 N–H and O–H groups in total. The highest BCUT2D eigenvalue weighted by molar-refractivity contribution is 6.34. The van der Waals surface area contributed by atoms with Gasteiger partial charge in [0.25, 0.3) is 0 Å².